The largest absolute Gasteiger partial charge is 0.365 e. The van der Waals surface area contributed by atoms with Gasteiger partial charge < -0.3 is 10.7 Å². The SMILES string of the molecule is CC(C)(C)CC(C)(C)Nc1cc(NN)nc(C2CC2)n1. The minimum atomic E-state index is -0.0285. The summed E-state index contributed by atoms with van der Waals surface area (Å²) >= 11 is 0. The Morgan fingerprint density at radius 1 is 1.15 bits per heavy atom. The van der Waals surface area contributed by atoms with E-state index < -0.39 is 0 Å². The Kier molecular flexibility index (Phi) is 3.91. The van der Waals surface area contributed by atoms with Crippen LogP contribution in [-0.2, 0) is 0 Å². The van der Waals surface area contributed by atoms with Gasteiger partial charge in [0, 0.05) is 17.5 Å². The van der Waals surface area contributed by atoms with Crippen LogP contribution in [0.25, 0.3) is 0 Å². The molecule has 1 saturated carbocycles. The van der Waals surface area contributed by atoms with Gasteiger partial charge in [-0.2, -0.15) is 0 Å². The van der Waals surface area contributed by atoms with Gasteiger partial charge in [-0.25, -0.2) is 15.8 Å². The smallest absolute Gasteiger partial charge is 0.145 e. The van der Waals surface area contributed by atoms with Crippen LogP contribution in [0.5, 0.6) is 0 Å². The molecule has 112 valence electrons. The molecule has 1 heterocycles. The van der Waals surface area contributed by atoms with Crippen LogP contribution in [-0.4, -0.2) is 15.5 Å². The van der Waals surface area contributed by atoms with Gasteiger partial charge in [-0.05, 0) is 38.5 Å². The molecule has 1 aromatic rings. The summed E-state index contributed by atoms with van der Waals surface area (Å²) in [4.78, 5) is 9.07. The van der Waals surface area contributed by atoms with Crippen LogP contribution in [0.4, 0.5) is 11.6 Å². The second-order valence-electron chi connectivity index (χ2n) is 7.66. The molecule has 4 N–H and O–H groups in total. The number of nitrogens with one attached hydrogen (secondary N) is 2. The van der Waals surface area contributed by atoms with Crippen LogP contribution in [0.2, 0.25) is 0 Å². The third kappa shape index (κ3) is 4.34. The third-order valence-electron chi connectivity index (χ3n) is 3.27. The van der Waals surface area contributed by atoms with E-state index in [9.17, 15) is 0 Å². The van der Waals surface area contributed by atoms with Crippen LogP contribution >= 0.6 is 0 Å². The van der Waals surface area contributed by atoms with E-state index in [1.54, 1.807) is 0 Å². The van der Waals surface area contributed by atoms with Crippen LogP contribution < -0.4 is 16.6 Å². The Labute approximate surface area is 121 Å². The molecule has 0 radical (unpaired) electrons. The number of aromatic nitrogens is 2. The molecule has 1 aliphatic rings. The van der Waals surface area contributed by atoms with Gasteiger partial charge in [-0.15, -0.1) is 0 Å². The first-order valence-electron chi connectivity index (χ1n) is 7.32. The Bertz CT molecular complexity index is 472. The Morgan fingerprint density at radius 3 is 2.25 bits per heavy atom. The lowest BCUT2D eigenvalue weighted by atomic mass is 9.82. The summed E-state index contributed by atoms with van der Waals surface area (Å²) in [6, 6.07) is 1.87. The Balaban J connectivity index is 2.17. The van der Waals surface area contributed by atoms with E-state index in [0.29, 0.717) is 11.7 Å². The molecule has 1 aliphatic carbocycles. The summed E-state index contributed by atoms with van der Waals surface area (Å²) in [6.45, 7) is 11.1. The summed E-state index contributed by atoms with van der Waals surface area (Å²) in [5.41, 5.74) is 2.87. The summed E-state index contributed by atoms with van der Waals surface area (Å²) in [5, 5.41) is 3.53. The molecule has 20 heavy (non-hydrogen) atoms. The molecule has 0 aliphatic heterocycles. The van der Waals surface area contributed by atoms with Crippen molar-refractivity contribution >= 4 is 11.6 Å². The Morgan fingerprint density at radius 2 is 1.75 bits per heavy atom. The number of nitrogens with two attached hydrogens (primary N) is 1. The van der Waals surface area contributed by atoms with Gasteiger partial charge in [0.25, 0.3) is 0 Å². The molecular weight excluding hydrogens is 250 g/mol. The van der Waals surface area contributed by atoms with E-state index in [0.717, 1.165) is 18.1 Å². The molecule has 1 aromatic heterocycles. The van der Waals surface area contributed by atoms with Gasteiger partial charge in [-0.1, -0.05) is 20.8 Å². The number of nitrogen functional groups attached to an aromatic ring is 1. The van der Waals surface area contributed by atoms with Crippen molar-refractivity contribution in [2.24, 2.45) is 11.3 Å². The van der Waals surface area contributed by atoms with E-state index in [2.05, 4.69) is 55.3 Å². The molecule has 5 heteroatoms. The molecule has 2 rings (SSSR count). The highest BCUT2D eigenvalue weighted by Crippen LogP contribution is 2.39. The van der Waals surface area contributed by atoms with E-state index in [-0.39, 0.29) is 11.0 Å². The highest BCUT2D eigenvalue weighted by molar-refractivity contribution is 5.48. The molecule has 5 nitrogen and oxygen atoms in total. The summed E-state index contributed by atoms with van der Waals surface area (Å²) < 4.78 is 0. The lowest BCUT2D eigenvalue weighted by Crippen LogP contribution is -2.36. The average Bonchev–Trinajstić information content (AvgIpc) is 3.07. The number of rotatable bonds is 5. The van der Waals surface area contributed by atoms with Crippen molar-refractivity contribution in [3.8, 4) is 0 Å². The molecule has 0 spiro atoms. The lowest BCUT2D eigenvalue weighted by molar-refractivity contribution is 0.302. The molecular formula is C15H27N5. The maximum absolute atomic E-state index is 5.51. The minimum absolute atomic E-state index is 0.0285. The second-order valence-corrected chi connectivity index (χ2v) is 7.66. The predicted octanol–water partition coefficient (Wildman–Crippen LogP) is 3.27. The van der Waals surface area contributed by atoms with Crippen LogP contribution in [0.15, 0.2) is 6.07 Å². The fourth-order valence-corrected chi connectivity index (χ4v) is 2.84. The first-order valence-corrected chi connectivity index (χ1v) is 7.32. The number of nitrogens with zero attached hydrogens (tertiary/aromatic N) is 2. The summed E-state index contributed by atoms with van der Waals surface area (Å²) in [6.07, 6.45) is 3.41. The lowest BCUT2D eigenvalue weighted by Gasteiger charge is -2.33. The molecule has 0 aromatic carbocycles. The standard InChI is InChI=1S/C15H27N5/c1-14(2,3)9-15(4,5)19-11-8-12(20-16)18-13(17-11)10-6-7-10/h8,10H,6-7,9,16H2,1-5H3,(H2,17,18,19,20). The zero-order valence-corrected chi connectivity index (χ0v) is 13.2. The number of hydrogen-bond donors (Lipinski definition) is 3. The molecule has 0 unspecified atom stereocenters. The monoisotopic (exact) mass is 277 g/mol. The predicted molar refractivity (Wildman–Crippen MR) is 83.6 cm³/mol. The van der Waals surface area contributed by atoms with Gasteiger partial charge in [0.05, 0.1) is 0 Å². The van der Waals surface area contributed by atoms with E-state index >= 15 is 0 Å². The van der Waals surface area contributed by atoms with Crippen molar-refractivity contribution in [1.29, 1.82) is 0 Å². The molecule has 0 atom stereocenters. The van der Waals surface area contributed by atoms with Crippen LogP contribution in [0, 0.1) is 5.41 Å². The quantitative estimate of drug-likeness (QED) is 0.569. The van der Waals surface area contributed by atoms with Gasteiger partial charge in [0.15, 0.2) is 0 Å². The van der Waals surface area contributed by atoms with Gasteiger partial charge >= 0.3 is 0 Å². The minimum Gasteiger partial charge on any atom is -0.365 e. The average molecular weight is 277 g/mol. The molecule has 0 saturated heterocycles. The van der Waals surface area contributed by atoms with Gasteiger partial charge in [0.1, 0.15) is 17.5 Å². The van der Waals surface area contributed by atoms with Crippen LogP contribution in [0.1, 0.15) is 65.6 Å². The van der Waals surface area contributed by atoms with Crippen molar-refractivity contribution in [3.05, 3.63) is 11.9 Å². The zero-order valence-electron chi connectivity index (χ0n) is 13.2. The van der Waals surface area contributed by atoms with E-state index in [4.69, 9.17) is 5.84 Å². The third-order valence-corrected chi connectivity index (χ3v) is 3.27. The van der Waals surface area contributed by atoms with Gasteiger partial charge in [0.2, 0.25) is 0 Å². The van der Waals surface area contributed by atoms with Crippen LogP contribution in [0.3, 0.4) is 0 Å². The fraction of sp³-hybridized carbons (Fsp3) is 0.733. The highest BCUT2D eigenvalue weighted by atomic mass is 15.3. The first-order chi connectivity index (χ1) is 9.18. The molecule has 0 amide bonds. The van der Waals surface area contributed by atoms with Crippen molar-refractivity contribution in [2.45, 2.75) is 65.3 Å². The van der Waals surface area contributed by atoms with Crippen molar-refractivity contribution in [3.63, 3.8) is 0 Å². The van der Waals surface area contributed by atoms with E-state index in [1.165, 1.54) is 12.8 Å². The zero-order chi connectivity index (χ0) is 15.0. The molecule has 1 fully saturated rings. The Hall–Kier alpha value is -1.36. The van der Waals surface area contributed by atoms with Crippen molar-refractivity contribution in [1.82, 2.24) is 9.97 Å². The number of hydrazine groups is 1. The van der Waals surface area contributed by atoms with E-state index in [1.807, 2.05) is 6.07 Å². The second kappa shape index (κ2) is 5.20. The topological polar surface area (TPSA) is 75.9 Å². The first kappa shape index (κ1) is 15.0. The van der Waals surface area contributed by atoms with Crippen molar-refractivity contribution < 1.29 is 0 Å². The van der Waals surface area contributed by atoms with Crippen molar-refractivity contribution in [2.75, 3.05) is 10.7 Å². The summed E-state index contributed by atoms with van der Waals surface area (Å²) in [7, 11) is 0. The number of anilines is 2. The molecule has 0 bridgehead atoms. The number of hydrogen-bond acceptors (Lipinski definition) is 5. The maximum Gasteiger partial charge on any atom is 0.145 e. The normalized spacial score (nSPS) is 16.1. The maximum atomic E-state index is 5.51. The highest BCUT2D eigenvalue weighted by Gasteiger charge is 2.29. The summed E-state index contributed by atoms with van der Waals surface area (Å²) in [5.74, 6) is 8.44. The fourth-order valence-electron chi connectivity index (χ4n) is 2.84. The van der Waals surface area contributed by atoms with Gasteiger partial charge in [-0.3, -0.25) is 0 Å².